The maximum atomic E-state index is 13.2. The monoisotopic (exact) mass is 314 g/mol. The lowest BCUT2D eigenvalue weighted by molar-refractivity contribution is 0.0928. The summed E-state index contributed by atoms with van der Waals surface area (Å²) in [4.78, 5) is 12.1. The summed E-state index contributed by atoms with van der Waals surface area (Å²) in [6.07, 6.45) is 2.34. The van der Waals surface area contributed by atoms with Crippen LogP contribution in [0, 0.1) is 18.2 Å². The second kappa shape index (κ2) is 7.23. The van der Waals surface area contributed by atoms with Crippen molar-refractivity contribution in [3.05, 3.63) is 35.1 Å². The van der Waals surface area contributed by atoms with E-state index in [-0.39, 0.29) is 35.6 Å². The molecule has 1 fully saturated rings. The Kier molecular flexibility index (Phi) is 6.17. The number of aryl methyl sites for hydroxylation is 1. The van der Waals surface area contributed by atoms with Crippen LogP contribution in [0.15, 0.2) is 18.2 Å². The molecule has 1 aromatic carbocycles. The van der Waals surface area contributed by atoms with Gasteiger partial charge in [0.05, 0.1) is 0 Å². The van der Waals surface area contributed by atoms with E-state index in [2.05, 4.69) is 24.5 Å². The number of carbonyl (C=O) groups excluding carboxylic acids is 1. The van der Waals surface area contributed by atoms with Crippen LogP contribution in [0.2, 0.25) is 0 Å². The number of halogens is 2. The van der Waals surface area contributed by atoms with Crippen LogP contribution < -0.4 is 10.6 Å². The number of benzene rings is 1. The van der Waals surface area contributed by atoms with Crippen molar-refractivity contribution in [1.29, 1.82) is 0 Å². The molecule has 0 saturated carbocycles. The van der Waals surface area contributed by atoms with E-state index in [1.54, 1.807) is 13.0 Å². The Morgan fingerprint density at radius 2 is 2.19 bits per heavy atom. The lowest BCUT2D eigenvalue weighted by Gasteiger charge is -2.39. The summed E-state index contributed by atoms with van der Waals surface area (Å²) in [5, 5.41) is 6.41. The molecule has 1 heterocycles. The molecule has 1 saturated heterocycles. The average Bonchev–Trinajstić information content (AvgIpc) is 2.40. The lowest BCUT2D eigenvalue weighted by Crippen LogP contribution is -2.52. The van der Waals surface area contributed by atoms with Gasteiger partial charge in [0.25, 0.3) is 5.91 Å². The van der Waals surface area contributed by atoms with Gasteiger partial charge in [-0.25, -0.2) is 4.39 Å². The van der Waals surface area contributed by atoms with Gasteiger partial charge in [-0.3, -0.25) is 4.79 Å². The average molecular weight is 315 g/mol. The number of nitrogens with one attached hydrogen (secondary N) is 2. The van der Waals surface area contributed by atoms with E-state index in [0.29, 0.717) is 17.7 Å². The normalized spacial score (nSPS) is 20.5. The van der Waals surface area contributed by atoms with E-state index >= 15 is 0 Å². The van der Waals surface area contributed by atoms with Crippen molar-refractivity contribution in [2.45, 2.75) is 39.7 Å². The van der Waals surface area contributed by atoms with Crippen molar-refractivity contribution in [2.75, 3.05) is 13.1 Å². The highest BCUT2D eigenvalue weighted by atomic mass is 35.5. The van der Waals surface area contributed by atoms with E-state index in [1.807, 2.05) is 0 Å². The number of rotatable bonds is 3. The van der Waals surface area contributed by atoms with Crippen molar-refractivity contribution >= 4 is 18.3 Å². The highest BCUT2D eigenvalue weighted by Crippen LogP contribution is 2.29. The first-order valence-electron chi connectivity index (χ1n) is 7.18. The molecule has 3 nitrogen and oxygen atoms in total. The third-order valence-corrected chi connectivity index (χ3v) is 4.22. The number of piperidine rings is 1. The topological polar surface area (TPSA) is 41.1 Å². The molecule has 21 heavy (non-hydrogen) atoms. The molecule has 0 spiro atoms. The second-order valence-electron chi connectivity index (χ2n) is 6.27. The summed E-state index contributed by atoms with van der Waals surface area (Å²) < 4.78 is 13.2. The van der Waals surface area contributed by atoms with E-state index in [9.17, 15) is 9.18 Å². The van der Waals surface area contributed by atoms with Crippen molar-refractivity contribution < 1.29 is 9.18 Å². The molecule has 1 aliphatic heterocycles. The Morgan fingerprint density at radius 3 is 2.81 bits per heavy atom. The molecule has 1 atom stereocenters. The molecule has 1 aromatic rings. The fraction of sp³-hybridized carbons (Fsp3) is 0.562. The van der Waals surface area contributed by atoms with Gasteiger partial charge in [0.1, 0.15) is 5.82 Å². The first kappa shape index (κ1) is 17.9. The Hall–Kier alpha value is -1.13. The van der Waals surface area contributed by atoms with Crippen LogP contribution in [0.5, 0.6) is 0 Å². The smallest absolute Gasteiger partial charge is 0.251 e. The largest absolute Gasteiger partial charge is 0.350 e. The SMILES string of the molecule is Cc1cc(C(=O)NCC2NCCCC2(C)C)ccc1F.Cl. The summed E-state index contributed by atoms with van der Waals surface area (Å²) >= 11 is 0. The predicted molar refractivity (Wildman–Crippen MR) is 85.5 cm³/mol. The van der Waals surface area contributed by atoms with Crippen LogP contribution in [0.25, 0.3) is 0 Å². The van der Waals surface area contributed by atoms with Crippen LogP contribution >= 0.6 is 12.4 Å². The summed E-state index contributed by atoms with van der Waals surface area (Å²) in [6.45, 7) is 7.70. The first-order chi connectivity index (χ1) is 9.40. The molecular weight excluding hydrogens is 291 g/mol. The summed E-state index contributed by atoms with van der Waals surface area (Å²) in [5.41, 5.74) is 1.19. The quantitative estimate of drug-likeness (QED) is 0.900. The molecule has 5 heteroatoms. The predicted octanol–water partition coefficient (Wildman–Crippen LogP) is 3.06. The molecular formula is C16H24ClFN2O. The highest BCUT2D eigenvalue weighted by Gasteiger charge is 2.31. The van der Waals surface area contributed by atoms with E-state index < -0.39 is 0 Å². The first-order valence-corrected chi connectivity index (χ1v) is 7.18. The fourth-order valence-corrected chi connectivity index (χ4v) is 2.70. The number of carbonyl (C=O) groups is 1. The van der Waals surface area contributed by atoms with Crippen molar-refractivity contribution in [1.82, 2.24) is 10.6 Å². The van der Waals surface area contributed by atoms with Crippen LogP contribution in [0.3, 0.4) is 0 Å². The van der Waals surface area contributed by atoms with E-state index in [0.717, 1.165) is 13.0 Å². The minimum Gasteiger partial charge on any atom is -0.350 e. The third kappa shape index (κ3) is 4.42. The van der Waals surface area contributed by atoms with Crippen molar-refractivity contribution in [3.8, 4) is 0 Å². The molecule has 2 rings (SSSR count). The van der Waals surface area contributed by atoms with Gasteiger partial charge in [0, 0.05) is 18.2 Å². The molecule has 0 radical (unpaired) electrons. The van der Waals surface area contributed by atoms with Gasteiger partial charge < -0.3 is 10.6 Å². The van der Waals surface area contributed by atoms with Gasteiger partial charge in [-0.2, -0.15) is 0 Å². The van der Waals surface area contributed by atoms with Gasteiger partial charge in [0.2, 0.25) is 0 Å². The van der Waals surface area contributed by atoms with Crippen molar-refractivity contribution in [2.24, 2.45) is 5.41 Å². The second-order valence-corrected chi connectivity index (χ2v) is 6.27. The Bertz CT molecular complexity index is 505. The molecule has 0 bridgehead atoms. The molecule has 2 N–H and O–H groups in total. The number of hydrogen-bond acceptors (Lipinski definition) is 2. The molecule has 118 valence electrons. The number of amides is 1. The van der Waals surface area contributed by atoms with Gasteiger partial charge in [-0.15, -0.1) is 12.4 Å². The zero-order valence-corrected chi connectivity index (χ0v) is 13.6. The van der Waals surface area contributed by atoms with Crippen molar-refractivity contribution in [3.63, 3.8) is 0 Å². The molecule has 0 aliphatic carbocycles. The summed E-state index contributed by atoms with van der Waals surface area (Å²) in [6, 6.07) is 4.73. The Morgan fingerprint density at radius 1 is 1.48 bits per heavy atom. The maximum Gasteiger partial charge on any atom is 0.251 e. The molecule has 1 amide bonds. The standard InChI is InChI=1S/C16H23FN2O.ClH/c1-11-9-12(5-6-13(11)17)15(20)19-10-14-16(2,3)7-4-8-18-14;/h5-6,9,14,18H,4,7-8,10H2,1-3H3,(H,19,20);1H. The lowest BCUT2D eigenvalue weighted by atomic mass is 9.77. The zero-order valence-electron chi connectivity index (χ0n) is 12.8. The van der Waals surface area contributed by atoms with Gasteiger partial charge in [0.15, 0.2) is 0 Å². The minimum absolute atomic E-state index is 0. The fourth-order valence-electron chi connectivity index (χ4n) is 2.70. The van der Waals surface area contributed by atoms with Gasteiger partial charge in [-0.1, -0.05) is 13.8 Å². The van der Waals surface area contributed by atoms with Crippen LogP contribution in [0.1, 0.15) is 42.6 Å². The van der Waals surface area contributed by atoms with E-state index in [4.69, 9.17) is 0 Å². The van der Waals surface area contributed by atoms with Crippen LogP contribution in [-0.4, -0.2) is 25.0 Å². The van der Waals surface area contributed by atoms with Gasteiger partial charge in [-0.05, 0) is 55.5 Å². The minimum atomic E-state index is -0.281. The van der Waals surface area contributed by atoms with Crippen LogP contribution in [0.4, 0.5) is 4.39 Å². The highest BCUT2D eigenvalue weighted by molar-refractivity contribution is 5.94. The maximum absolute atomic E-state index is 13.2. The molecule has 1 aliphatic rings. The third-order valence-electron chi connectivity index (χ3n) is 4.22. The summed E-state index contributed by atoms with van der Waals surface area (Å²) in [5.74, 6) is -0.423. The molecule has 0 aromatic heterocycles. The van der Waals surface area contributed by atoms with E-state index in [1.165, 1.54) is 18.6 Å². The number of hydrogen-bond donors (Lipinski definition) is 2. The summed E-state index contributed by atoms with van der Waals surface area (Å²) in [7, 11) is 0. The molecule has 1 unspecified atom stereocenters. The van der Waals surface area contributed by atoms with Crippen LogP contribution in [-0.2, 0) is 0 Å². The zero-order chi connectivity index (χ0) is 14.8. The van der Waals surface area contributed by atoms with Gasteiger partial charge >= 0.3 is 0 Å². The Labute approximate surface area is 132 Å². The Balaban J connectivity index is 0.00000220.